The second kappa shape index (κ2) is 4.46. The first kappa shape index (κ1) is 12.1. The van der Waals surface area contributed by atoms with Crippen LogP contribution in [0.2, 0.25) is 0 Å². The molecular weight excluding hydrogens is 242 g/mol. The summed E-state index contributed by atoms with van der Waals surface area (Å²) in [7, 11) is -3.41. The van der Waals surface area contributed by atoms with Crippen LogP contribution in [0.3, 0.4) is 0 Å². The van der Waals surface area contributed by atoms with Crippen molar-refractivity contribution in [1.29, 1.82) is 0 Å². The molecule has 1 unspecified atom stereocenters. The number of anilines is 2. The maximum Gasteiger partial charge on any atom is 0.209 e. The van der Waals surface area contributed by atoms with Gasteiger partial charge in [-0.3, -0.25) is 4.98 Å². The minimum absolute atomic E-state index is 0.0131. The quantitative estimate of drug-likeness (QED) is 0.730. The van der Waals surface area contributed by atoms with E-state index >= 15 is 0 Å². The first-order valence-electron chi connectivity index (χ1n) is 5.27. The third kappa shape index (κ3) is 3.27. The van der Waals surface area contributed by atoms with Gasteiger partial charge in [-0.2, -0.15) is 0 Å². The Labute approximate surface area is 99.9 Å². The van der Waals surface area contributed by atoms with Crippen LogP contribution in [-0.2, 0) is 10.0 Å². The largest absolute Gasteiger partial charge is 0.382 e. The van der Waals surface area contributed by atoms with Gasteiger partial charge in [0.25, 0.3) is 0 Å². The topological polar surface area (TPSA) is 115 Å². The number of aromatic nitrogens is 2. The Hall–Kier alpha value is -1.41. The monoisotopic (exact) mass is 257 g/mol. The van der Waals surface area contributed by atoms with Crippen molar-refractivity contribution in [2.24, 2.45) is 11.1 Å². The Balaban J connectivity index is 2.03. The van der Waals surface area contributed by atoms with Crippen LogP contribution in [-0.4, -0.2) is 37.2 Å². The number of primary sulfonamides is 1. The molecule has 1 aliphatic rings. The van der Waals surface area contributed by atoms with Crippen LogP contribution in [0.5, 0.6) is 0 Å². The smallest absolute Gasteiger partial charge is 0.209 e. The highest BCUT2D eigenvalue weighted by molar-refractivity contribution is 7.89. The zero-order valence-corrected chi connectivity index (χ0v) is 10.1. The number of hydrogen-bond acceptors (Lipinski definition) is 6. The summed E-state index contributed by atoms with van der Waals surface area (Å²) in [5.41, 5.74) is 5.55. The molecule has 0 saturated carbocycles. The van der Waals surface area contributed by atoms with Crippen molar-refractivity contribution in [2.45, 2.75) is 6.42 Å². The predicted octanol–water partition coefficient (Wildman–Crippen LogP) is -0.826. The van der Waals surface area contributed by atoms with Crippen LogP contribution in [0, 0.1) is 5.92 Å². The molecule has 17 heavy (non-hydrogen) atoms. The molecule has 0 aliphatic carbocycles. The fraction of sp³-hybridized carbons (Fsp3) is 0.556. The number of rotatable bonds is 3. The third-order valence-electron chi connectivity index (χ3n) is 2.72. The van der Waals surface area contributed by atoms with Crippen LogP contribution in [0.4, 0.5) is 11.6 Å². The molecule has 2 rings (SSSR count). The van der Waals surface area contributed by atoms with Crippen LogP contribution in [0.15, 0.2) is 12.4 Å². The lowest BCUT2D eigenvalue weighted by atomic mass is 10.2. The highest BCUT2D eigenvalue weighted by atomic mass is 32.2. The third-order valence-corrected chi connectivity index (χ3v) is 3.65. The number of hydrogen-bond donors (Lipinski definition) is 2. The van der Waals surface area contributed by atoms with Crippen molar-refractivity contribution in [2.75, 3.05) is 29.5 Å². The summed E-state index contributed by atoms with van der Waals surface area (Å²) < 4.78 is 22.0. The summed E-state index contributed by atoms with van der Waals surface area (Å²) >= 11 is 0. The number of nitrogen functional groups attached to an aromatic ring is 1. The van der Waals surface area contributed by atoms with Gasteiger partial charge in [0.1, 0.15) is 11.6 Å². The Bertz CT molecular complexity index is 504. The standard InChI is InChI=1S/C9H15N5O2S/c10-8-3-12-4-9(13-8)14-2-1-7(5-14)6-17(11,15)16/h3-4,7H,1-2,5-6H2,(H2,10,13)(H2,11,15,16). The first-order valence-corrected chi connectivity index (χ1v) is 6.98. The molecule has 8 heteroatoms. The van der Waals surface area contributed by atoms with Gasteiger partial charge in [-0.1, -0.05) is 0 Å². The van der Waals surface area contributed by atoms with Crippen molar-refractivity contribution < 1.29 is 8.42 Å². The molecule has 0 radical (unpaired) electrons. The van der Waals surface area contributed by atoms with E-state index in [4.69, 9.17) is 10.9 Å². The van der Waals surface area contributed by atoms with Crippen molar-refractivity contribution in [3.05, 3.63) is 12.4 Å². The average Bonchev–Trinajstić information content (AvgIpc) is 2.63. The van der Waals surface area contributed by atoms with Crippen LogP contribution in [0.1, 0.15) is 6.42 Å². The number of sulfonamides is 1. The van der Waals surface area contributed by atoms with Gasteiger partial charge in [0.05, 0.1) is 18.1 Å². The van der Waals surface area contributed by atoms with E-state index in [-0.39, 0.29) is 11.7 Å². The molecular formula is C9H15N5O2S. The van der Waals surface area contributed by atoms with Crippen LogP contribution >= 0.6 is 0 Å². The second-order valence-electron chi connectivity index (χ2n) is 4.23. The highest BCUT2D eigenvalue weighted by Gasteiger charge is 2.26. The fourth-order valence-corrected chi connectivity index (χ4v) is 2.96. The molecule has 1 atom stereocenters. The molecule has 1 saturated heterocycles. The summed E-state index contributed by atoms with van der Waals surface area (Å²) in [6, 6.07) is 0. The SMILES string of the molecule is Nc1cncc(N2CCC(CS(N)(=O)=O)C2)n1. The second-order valence-corrected chi connectivity index (χ2v) is 5.89. The summed E-state index contributed by atoms with van der Waals surface area (Å²) in [5, 5.41) is 5.03. The van der Waals surface area contributed by atoms with Gasteiger partial charge < -0.3 is 10.6 Å². The fourth-order valence-electron chi connectivity index (χ4n) is 2.03. The van der Waals surface area contributed by atoms with Gasteiger partial charge in [-0.05, 0) is 12.3 Å². The molecule has 0 aromatic carbocycles. The molecule has 0 amide bonds. The zero-order valence-electron chi connectivity index (χ0n) is 9.28. The normalized spacial score (nSPS) is 20.8. The molecule has 4 N–H and O–H groups in total. The van der Waals surface area contributed by atoms with Gasteiger partial charge in [0.2, 0.25) is 10.0 Å². The molecule has 1 fully saturated rings. The van der Waals surface area contributed by atoms with E-state index in [1.54, 1.807) is 6.20 Å². The van der Waals surface area contributed by atoms with Gasteiger partial charge in [-0.15, -0.1) is 0 Å². The van der Waals surface area contributed by atoms with Crippen molar-refractivity contribution in [1.82, 2.24) is 9.97 Å². The van der Waals surface area contributed by atoms with E-state index in [0.717, 1.165) is 13.0 Å². The molecule has 0 bridgehead atoms. The maximum atomic E-state index is 11.0. The Kier molecular flexibility index (Phi) is 3.16. The lowest BCUT2D eigenvalue weighted by Crippen LogP contribution is -2.26. The van der Waals surface area contributed by atoms with Crippen molar-refractivity contribution >= 4 is 21.7 Å². The maximum absolute atomic E-state index is 11.0. The lowest BCUT2D eigenvalue weighted by Gasteiger charge is -2.16. The Morgan fingerprint density at radius 2 is 2.24 bits per heavy atom. The predicted molar refractivity (Wildman–Crippen MR) is 64.7 cm³/mol. The van der Waals surface area contributed by atoms with Gasteiger partial charge in [-0.25, -0.2) is 18.5 Å². The van der Waals surface area contributed by atoms with Crippen molar-refractivity contribution in [3.8, 4) is 0 Å². The van der Waals surface area contributed by atoms with Crippen LogP contribution in [0.25, 0.3) is 0 Å². The number of nitrogens with two attached hydrogens (primary N) is 2. The Morgan fingerprint density at radius 3 is 2.88 bits per heavy atom. The molecule has 94 valence electrons. The first-order chi connectivity index (χ1) is 7.94. The molecule has 1 aliphatic heterocycles. The molecule has 1 aromatic heterocycles. The molecule has 7 nitrogen and oxygen atoms in total. The summed E-state index contributed by atoms with van der Waals surface area (Å²) in [5.74, 6) is 1.10. The number of nitrogens with zero attached hydrogens (tertiary/aromatic N) is 3. The van der Waals surface area contributed by atoms with E-state index in [9.17, 15) is 8.42 Å². The van der Waals surface area contributed by atoms with Gasteiger partial charge >= 0.3 is 0 Å². The lowest BCUT2D eigenvalue weighted by molar-refractivity contribution is 0.573. The summed E-state index contributed by atoms with van der Waals surface area (Å²) in [6.45, 7) is 1.37. The van der Waals surface area contributed by atoms with E-state index < -0.39 is 10.0 Å². The summed E-state index contributed by atoms with van der Waals surface area (Å²) in [4.78, 5) is 10.1. The van der Waals surface area contributed by atoms with E-state index in [1.165, 1.54) is 6.20 Å². The van der Waals surface area contributed by atoms with Gasteiger partial charge in [0.15, 0.2) is 0 Å². The van der Waals surface area contributed by atoms with Crippen LogP contribution < -0.4 is 15.8 Å². The highest BCUT2D eigenvalue weighted by Crippen LogP contribution is 2.22. The minimum Gasteiger partial charge on any atom is -0.382 e. The van der Waals surface area contributed by atoms with E-state index in [1.807, 2.05) is 4.90 Å². The minimum atomic E-state index is -3.41. The van der Waals surface area contributed by atoms with E-state index in [0.29, 0.717) is 18.2 Å². The average molecular weight is 257 g/mol. The molecule has 1 aromatic rings. The molecule has 0 spiro atoms. The Morgan fingerprint density at radius 1 is 1.47 bits per heavy atom. The zero-order chi connectivity index (χ0) is 12.5. The van der Waals surface area contributed by atoms with Crippen molar-refractivity contribution in [3.63, 3.8) is 0 Å². The van der Waals surface area contributed by atoms with Gasteiger partial charge in [0, 0.05) is 13.1 Å². The molecule has 2 heterocycles. The summed E-state index contributed by atoms with van der Waals surface area (Å²) in [6.07, 6.45) is 3.88. The van der Waals surface area contributed by atoms with E-state index in [2.05, 4.69) is 9.97 Å².